The van der Waals surface area contributed by atoms with Crippen molar-refractivity contribution in [3.05, 3.63) is 58.0 Å². The molecule has 0 aliphatic carbocycles. The normalized spacial score (nSPS) is 12.4. The van der Waals surface area contributed by atoms with Crippen molar-refractivity contribution in [3.8, 4) is 11.5 Å². The molecule has 162 valence electrons. The van der Waals surface area contributed by atoms with Crippen LogP contribution >= 0.6 is 11.3 Å². The molecule has 0 radical (unpaired) electrons. The number of hydrogen-bond acceptors (Lipinski definition) is 7. The number of ether oxygens (including phenoxy) is 3. The van der Waals surface area contributed by atoms with Crippen LogP contribution in [-0.2, 0) is 22.5 Å². The number of anilines is 1. The summed E-state index contributed by atoms with van der Waals surface area (Å²) in [4.78, 5) is 27.9. The third kappa shape index (κ3) is 5.05. The quantitative estimate of drug-likeness (QED) is 0.537. The molecule has 0 saturated carbocycles. The van der Waals surface area contributed by atoms with Gasteiger partial charge in [-0.1, -0.05) is 19.4 Å². The molecule has 0 unspecified atom stereocenters. The summed E-state index contributed by atoms with van der Waals surface area (Å²) in [7, 11) is 0. The van der Waals surface area contributed by atoms with Gasteiger partial charge in [-0.3, -0.25) is 9.89 Å². The number of aromatic amines is 1. The second-order valence-electron chi connectivity index (χ2n) is 6.99. The second kappa shape index (κ2) is 9.65. The van der Waals surface area contributed by atoms with Crippen LogP contribution in [-0.4, -0.2) is 41.9 Å². The number of esters is 1. The van der Waals surface area contributed by atoms with Crippen LogP contribution in [0.3, 0.4) is 0 Å². The van der Waals surface area contributed by atoms with Crippen molar-refractivity contribution in [3.63, 3.8) is 0 Å². The number of fused-ring (bicyclic) bond motifs is 1. The van der Waals surface area contributed by atoms with Crippen molar-refractivity contribution in [1.29, 1.82) is 0 Å². The van der Waals surface area contributed by atoms with E-state index in [4.69, 9.17) is 14.2 Å². The SMILES string of the molecule is CCCc1cc(C(=O)OCC(=O)N(Cc2cccs2)c2ccc3c(c2)OCCO3)n[nH]1. The first-order valence-electron chi connectivity index (χ1n) is 10.1. The van der Waals surface area contributed by atoms with Crippen LogP contribution in [0, 0.1) is 0 Å². The molecule has 1 amide bonds. The molecule has 2 aromatic heterocycles. The molecule has 1 N–H and O–H groups in total. The maximum absolute atomic E-state index is 13.0. The molecular weight excluding hydrogens is 418 g/mol. The topological polar surface area (TPSA) is 93.8 Å². The Bertz CT molecular complexity index is 1050. The summed E-state index contributed by atoms with van der Waals surface area (Å²) in [6, 6.07) is 10.9. The van der Waals surface area contributed by atoms with E-state index in [0.717, 1.165) is 23.4 Å². The number of carbonyl (C=O) groups is 2. The maximum atomic E-state index is 13.0. The molecule has 1 aliphatic rings. The number of aryl methyl sites for hydroxylation is 1. The van der Waals surface area contributed by atoms with E-state index < -0.39 is 12.6 Å². The van der Waals surface area contributed by atoms with Crippen LogP contribution in [0.2, 0.25) is 0 Å². The summed E-state index contributed by atoms with van der Waals surface area (Å²) < 4.78 is 16.5. The number of aromatic nitrogens is 2. The molecule has 8 nitrogen and oxygen atoms in total. The Hall–Kier alpha value is -3.33. The Balaban J connectivity index is 1.48. The molecule has 9 heteroatoms. The van der Waals surface area contributed by atoms with Crippen LogP contribution in [0.15, 0.2) is 41.8 Å². The molecule has 0 atom stereocenters. The predicted octanol–water partition coefficient (Wildman–Crippen LogP) is 3.59. The van der Waals surface area contributed by atoms with Gasteiger partial charge in [0.05, 0.1) is 6.54 Å². The fourth-order valence-electron chi connectivity index (χ4n) is 3.22. The third-order valence-electron chi connectivity index (χ3n) is 4.72. The molecule has 31 heavy (non-hydrogen) atoms. The molecule has 0 saturated heterocycles. The van der Waals surface area contributed by atoms with Crippen LogP contribution in [0.1, 0.15) is 34.4 Å². The number of H-pyrrole nitrogens is 1. The first-order valence-corrected chi connectivity index (χ1v) is 11.0. The summed E-state index contributed by atoms with van der Waals surface area (Å²) in [6.45, 7) is 2.95. The van der Waals surface area contributed by atoms with Crippen molar-refractivity contribution >= 4 is 28.9 Å². The summed E-state index contributed by atoms with van der Waals surface area (Å²) in [6.07, 6.45) is 1.72. The van der Waals surface area contributed by atoms with Crippen LogP contribution < -0.4 is 14.4 Å². The van der Waals surface area contributed by atoms with Gasteiger partial charge in [-0.2, -0.15) is 5.10 Å². The van der Waals surface area contributed by atoms with E-state index in [1.165, 1.54) is 0 Å². The van der Waals surface area contributed by atoms with Gasteiger partial charge in [0.2, 0.25) is 0 Å². The Labute approximate surface area is 183 Å². The summed E-state index contributed by atoms with van der Waals surface area (Å²) >= 11 is 1.55. The highest BCUT2D eigenvalue weighted by Crippen LogP contribution is 2.34. The summed E-state index contributed by atoms with van der Waals surface area (Å²) in [5.74, 6) is 0.254. The van der Waals surface area contributed by atoms with Gasteiger partial charge < -0.3 is 19.1 Å². The summed E-state index contributed by atoms with van der Waals surface area (Å²) in [5, 5.41) is 8.74. The van der Waals surface area contributed by atoms with E-state index in [9.17, 15) is 9.59 Å². The van der Waals surface area contributed by atoms with Gasteiger partial charge in [0, 0.05) is 22.3 Å². The van der Waals surface area contributed by atoms with Crippen LogP contribution in [0.5, 0.6) is 11.5 Å². The first kappa shape index (κ1) is 20.9. The van der Waals surface area contributed by atoms with Gasteiger partial charge in [-0.05, 0) is 36.1 Å². The van der Waals surface area contributed by atoms with E-state index in [1.807, 2.05) is 24.4 Å². The zero-order valence-corrected chi connectivity index (χ0v) is 17.9. The molecule has 3 heterocycles. The van der Waals surface area contributed by atoms with Crippen molar-refractivity contribution in [1.82, 2.24) is 10.2 Å². The molecule has 4 rings (SSSR count). The van der Waals surface area contributed by atoms with Gasteiger partial charge in [0.25, 0.3) is 5.91 Å². The fraction of sp³-hybridized carbons (Fsp3) is 0.318. The number of amides is 1. The lowest BCUT2D eigenvalue weighted by Crippen LogP contribution is -2.34. The smallest absolute Gasteiger partial charge is 0.359 e. The van der Waals surface area contributed by atoms with Crippen molar-refractivity contribution in [2.24, 2.45) is 0 Å². The van der Waals surface area contributed by atoms with Gasteiger partial charge in [0.15, 0.2) is 23.8 Å². The average Bonchev–Trinajstić information content (AvgIpc) is 3.48. The highest BCUT2D eigenvalue weighted by molar-refractivity contribution is 7.09. The number of thiophene rings is 1. The molecule has 1 aromatic carbocycles. The Morgan fingerprint density at radius 2 is 2.03 bits per heavy atom. The lowest BCUT2D eigenvalue weighted by atomic mass is 10.2. The number of carbonyl (C=O) groups excluding carboxylic acids is 2. The van der Waals surface area contributed by atoms with Crippen LogP contribution in [0.25, 0.3) is 0 Å². The van der Waals surface area contributed by atoms with Gasteiger partial charge in [-0.25, -0.2) is 4.79 Å². The zero-order valence-electron chi connectivity index (χ0n) is 17.1. The minimum Gasteiger partial charge on any atom is -0.486 e. The molecule has 3 aromatic rings. The number of nitrogens with one attached hydrogen (secondary N) is 1. The highest BCUT2D eigenvalue weighted by Gasteiger charge is 2.22. The molecule has 0 fully saturated rings. The number of benzene rings is 1. The van der Waals surface area contributed by atoms with E-state index in [0.29, 0.717) is 36.9 Å². The van der Waals surface area contributed by atoms with E-state index in [2.05, 4.69) is 10.2 Å². The Morgan fingerprint density at radius 3 is 2.81 bits per heavy atom. The minimum atomic E-state index is -0.634. The van der Waals surface area contributed by atoms with E-state index in [1.54, 1.807) is 40.5 Å². The van der Waals surface area contributed by atoms with Crippen molar-refractivity contribution in [2.45, 2.75) is 26.3 Å². The van der Waals surface area contributed by atoms with Crippen LogP contribution in [0.4, 0.5) is 5.69 Å². The molecule has 0 spiro atoms. The monoisotopic (exact) mass is 441 g/mol. The average molecular weight is 442 g/mol. The third-order valence-corrected chi connectivity index (χ3v) is 5.58. The van der Waals surface area contributed by atoms with Gasteiger partial charge >= 0.3 is 5.97 Å². The standard InChI is InChI=1S/C22H23N3O5S/c1-2-4-15-11-18(24-23-15)22(27)30-14-21(26)25(13-17-5-3-10-31-17)16-6-7-19-20(12-16)29-9-8-28-19/h3,5-7,10-12H,2,4,8-9,13-14H2,1H3,(H,23,24). The molecule has 0 bridgehead atoms. The summed E-state index contributed by atoms with van der Waals surface area (Å²) in [5.41, 5.74) is 1.67. The Morgan fingerprint density at radius 1 is 1.19 bits per heavy atom. The number of hydrogen-bond donors (Lipinski definition) is 1. The minimum absolute atomic E-state index is 0.167. The molecular formula is C22H23N3O5S. The van der Waals surface area contributed by atoms with Crippen molar-refractivity contribution < 1.29 is 23.8 Å². The number of rotatable bonds is 8. The maximum Gasteiger partial charge on any atom is 0.359 e. The van der Waals surface area contributed by atoms with Gasteiger partial charge in [-0.15, -0.1) is 11.3 Å². The Kier molecular flexibility index (Phi) is 6.51. The highest BCUT2D eigenvalue weighted by atomic mass is 32.1. The number of nitrogens with zero attached hydrogens (tertiary/aromatic N) is 2. The predicted molar refractivity (Wildman–Crippen MR) is 116 cm³/mol. The lowest BCUT2D eigenvalue weighted by molar-refractivity contribution is -0.121. The van der Waals surface area contributed by atoms with Crippen molar-refractivity contribution in [2.75, 3.05) is 24.7 Å². The second-order valence-corrected chi connectivity index (χ2v) is 8.02. The first-order chi connectivity index (χ1) is 15.1. The van der Waals surface area contributed by atoms with E-state index >= 15 is 0 Å². The largest absolute Gasteiger partial charge is 0.486 e. The van der Waals surface area contributed by atoms with E-state index in [-0.39, 0.29) is 11.6 Å². The molecule has 1 aliphatic heterocycles. The zero-order chi connectivity index (χ0) is 21.6. The van der Waals surface area contributed by atoms with Gasteiger partial charge in [0.1, 0.15) is 13.2 Å². The lowest BCUT2D eigenvalue weighted by Gasteiger charge is -2.25. The fourth-order valence-corrected chi connectivity index (χ4v) is 3.92.